The van der Waals surface area contributed by atoms with E-state index in [2.05, 4.69) is 20.5 Å². The fourth-order valence-corrected chi connectivity index (χ4v) is 2.42. The average molecular weight is 278 g/mol. The lowest BCUT2D eigenvalue weighted by Gasteiger charge is -2.03. The van der Waals surface area contributed by atoms with Crippen molar-refractivity contribution in [3.8, 4) is 5.88 Å². The van der Waals surface area contributed by atoms with E-state index >= 15 is 0 Å². The number of hydrogen-bond donors (Lipinski definition) is 1. The Morgan fingerprint density at radius 1 is 1.37 bits per heavy atom. The van der Waals surface area contributed by atoms with Crippen LogP contribution in [0.25, 0.3) is 0 Å². The third-order valence-corrected chi connectivity index (χ3v) is 3.56. The van der Waals surface area contributed by atoms with Gasteiger partial charge in [-0.2, -0.15) is 0 Å². The summed E-state index contributed by atoms with van der Waals surface area (Å²) in [6.07, 6.45) is 0. The Hall–Kier alpha value is -2.02. The molecule has 2 aromatic rings. The fraction of sp³-hybridized carbons (Fsp3) is 0.333. The molecule has 0 spiro atoms. The van der Waals surface area contributed by atoms with Crippen molar-refractivity contribution in [2.45, 2.75) is 20.4 Å². The molecule has 2 heterocycles. The molecule has 0 aliphatic heterocycles. The highest BCUT2D eigenvalue weighted by atomic mass is 32.1. The number of nitrogens with one attached hydrogen (secondary N) is 1. The van der Waals surface area contributed by atoms with Crippen LogP contribution >= 0.6 is 11.3 Å². The number of carbonyl (C=O) groups excluding carboxylic acids is 1. The molecule has 0 aromatic carbocycles. The van der Waals surface area contributed by atoms with Crippen LogP contribution in [0.4, 0.5) is 0 Å². The Bertz CT molecular complexity index is 580. The zero-order valence-electron chi connectivity index (χ0n) is 10.9. The molecule has 1 N–H and O–H groups in total. The first-order valence-electron chi connectivity index (χ1n) is 5.69. The maximum absolute atomic E-state index is 11.9. The number of carbonyl (C=O) groups is 1. The van der Waals surface area contributed by atoms with Gasteiger partial charge >= 0.3 is 0 Å². The topological polar surface area (TPSA) is 77.0 Å². The van der Waals surface area contributed by atoms with E-state index in [9.17, 15) is 4.79 Å². The van der Waals surface area contributed by atoms with E-state index < -0.39 is 0 Å². The summed E-state index contributed by atoms with van der Waals surface area (Å²) in [5, 5.41) is 11.3. The van der Waals surface area contributed by atoms with Crippen molar-refractivity contribution in [3.05, 3.63) is 33.4 Å². The van der Waals surface area contributed by atoms with Crippen LogP contribution in [-0.4, -0.2) is 28.2 Å². The SMILES string of the molecule is COc1ccc(C(=O)NCc2sc(C)nc2C)nn1. The smallest absolute Gasteiger partial charge is 0.272 e. The molecule has 2 aromatic heterocycles. The van der Waals surface area contributed by atoms with E-state index in [1.54, 1.807) is 23.5 Å². The minimum atomic E-state index is -0.263. The van der Waals surface area contributed by atoms with Gasteiger partial charge < -0.3 is 10.1 Å². The van der Waals surface area contributed by atoms with Gasteiger partial charge in [-0.1, -0.05) is 0 Å². The number of ether oxygens (including phenoxy) is 1. The van der Waals surface area contributed by atoms with Crippen LogP contribution in [-0.2, 0) is 6.54 Å². The second kappa shape index (κ2) is 5.75. The van der Waals surface area contributed by atoms with Gasteiger partial charge in [0.25, 0.3) is 5.91 Å². The van der Waals surface area contributed by atoms with E-state index in [4.69, 9.17) is 4.74 Å². The van der Waals surface area contributed by atoms with Gasteiger partial charge in [-0.3, -0.25) is 4.79 Å². The summed E-state index contributed by atoms with van der Waals surface area (Å²) in [5.74, 6) is 0.117. The summed E-state index contributed by atoms with van der Waals surface area (Å²) in [7, 11) is 1.50. The van der Waals surface area contributed by atoms with Crippen molar-refractivity contribution < 1.29 is 9.53 Å². The predicted octanol–water partition coefficient (Wildman–Crippen LogP) is 1.49. The molecule has 0 fully saturated rings. The second-order valence-electron chi connectivity index (χ2n) is 3.89. The quantitative estimate of drug-likeness (QED) is 0.916. The molecule has 6 nitrogen and oxygen atoms in total. The molecule has 0 radical (unpaired) electrons. The van der Waals surface area contributed by atoms with Gasteiger partial charge in [0.1, 0.15) is 0 Å². The van der Waals surface area contributed by atoms with Gasteiger partial charge in [0.2, 0.25) is 5.88 Å². The van der Waals surface area contributed by atoms with Crippen LogP contribution in [0.15, 0.2) is 12.1 Å². The van der Waals surface area contributed by atoms with E-state index in [1.807, 2.05) is 13.8 Å². The molecule has 19 heavy (non-hydrogen) atoms. The van der Waals surface area contributed by atoms with Crippen molar-refractivity contribution in [3.63, 3.8) is 0 Å². The molecular weight excluding hydrogens is 264 g/mol. The standard InChI is InChI=1S/C12H14N4O2S/c1-7-10(19-8(2)14-7)6-13-12(17)9-4-5-11(18-3)16-15-9/h4-5H,6H2,1-3H3,(H,13,17). The number of amides is 1. The van der Waals surface area contributed by atoms with Crippen LogP contribution in [0, 0.1) is 13.8 Å². The predicted molar refractivity (Wildman–Crippen MR) is 71.3 cm³/mol. The molecule has 0 atom stereocenters. The Morgan fingerprint density at radius 2 is 2.16 bits per heavy atom. The second-order valence-corrected chi connectivity index (χ2v) is 5.17. The van der Waals surface area contributed by atoms with Gasteiger partial charge in [0.15, 0.2) is 5.69 Å². The number of aryl methyl sites for hydroxylation is 2. The first-order valence-corrected chi connectivity index (χ1v) is 6.50. The molecule has 0 unspecified atom stereocenters. The number of methoxy groups -OCH3 is 1. The Kier molecular flexibility index (Phi) is 4.06. The van der Waals surface area contributed by atoms with Crippen molar-refractivity contribution in [1.29, 1.82) is 0 Å². The summed E-state index contributed by atoms with van der Waals surface area (Å²) in [6, 6.07) is 3.18. The number of nitrogens with zero attached hydrogens (tertiary/aromatic N) is 3. The molecule has 7 heteroatoms. The van der Waals surface area contributed by atoms with Crippen LogP contribution in [0.5, 0.6) is 5.88 Å². The summed E-state index contributed by atoms with van der Waals surface area (Å²) in [6.45, 7) is 4.32. The maximum Gasteiger partial charge on any atom is 0.272 e. The van der Waals surface area contributed by atoms with E-state index in [0.29, 0.717) is 12.4 Å². The molecular formula is C12H14N4O2S. The zero-order valence-corrected chi connectivity index (χ0v) is 11.7. The molecule has 0 saturated carbocycles. The molecule has 0 aliphatic rings. The lowest BCUT2D eigenvalue weighted by molar-refractivity contribution is 0.0945. The highest BCUT2D eigenvalue weighted by Gasteiger charge is 2.10. The third-order valence-electron chi connectivity index (χ3n) is 2.49. The third kappa shape index (κ3) is 3.25. The van der Waals surface area contributed by atoms with Crippen LogP contribution in [0.1, 0.15) is 26.1 Å². The van der Waals surface area contributed by atoms with Crippen LogP contribution in [0.2, 0.25) is 0 Å². The maximum atomic E-state index is 11.9. The summed E-state index contributed by atoms with van der Waals surface area (Å²) >= 11 is 1.58. The van der Waals surface area contributed by atoms with E-state index in [1.165, 1.54) is 7.11 Å². The Morgan fingerprint density at radius 3 is 2.68 bits per heavy atom. The average Bonchev–Trinajstić information content (AvgIpc) is 2.74. The summed E-state index contributed by atoms with van der Waals surface area (Å²) in [4.78, 5) is 17.2. The molecule has 0 bridgehead atoms. The number of rotatable bonds is 4. The van der Waals surface area contributed by atoms with Gasteiger partial charge in [-0.05, 0) is 19.9 Å². The lowest BCUT2D eigenvalue weighted by Crippen LogP contribution is -2.24. The van der Waals surface area contributed by atoms with Crippen molar-refractivity contribution in [2.75, 3.05) is 7.11 Å². The Labute approximate surface area is 114 Å². The summed E-state index contributed by atoms with van der Waals surface area (Å²) < 4.78 is 4.88. The molecule has 2 rings (SSSR count). The lowest BCUT2D eigenvalue weighted by atomic mass is 10.3. The fourth-order valence-electron chi connectivity index (χ4n) is 1.54. The minimum absolute atomic E-state index is 0.263. The van der Waals surface area contributed by atoms with Gasteiger partial charge in [-0.15, -0.1) is 21.5 Å². The van der Waals surface area contributed by atoms with Crippen molar-refractivity contribution in [1.82, 2.24) is 20.5 Å². The molecule has 1 amide bonds. The first kappa shape index (κ1) is 13.4. The van der Waals surface area contributed by atoms with Crippen molar-refractivity contribution >= 4 is 17.2 Å². The number of aromatic nitrogens is 3. The summed E-state index contributed by atoms with van der Waals surface area (Å²) in [5.41, 5.74) is 1.21. The van der Waals surface area contributed by atoms with Crippen LogP contribution in [0.3, 0.4) is 0 Å². The van der Waals surface area contributed by atoms with E-state index in [-0.39, 0.29) is 11.6 Å². The monoisotopic (exact) mass is 278 g/mol. The highest BCUT2D eigenvalue weighted by molar-refractivity contribution is 7.11. The van der Waals surface area contributed by atoms with Crippen LogP contribution < -0.4 is 10.1 Å². The van der Waals surface area contributed by atoms with E-state index in [0.717, 1.165) is 15.6 Å². The highest BCUT2D eigenvalue weighted by Crippen LogP contribution is 2.16. The Balaban J connectivity index is 1.99. The molecule has 0 aliphatic carbocycles. The normalized spacial score (nSPS) is 10.3. The largest absolute Gasteiger partial charge is 0.480 e. The zero-order chi connectivity index (χ0) is 13.8. The van der Waals surface area contributed by atoms with Gasteiger partial charge in [-0.25, -0.2) is 4.98 Å². The number of hydrogen-bond acceptors (Lipinski definition) is 6. The molecule has 100 valence electrons. The van der Waals surface area contributed by atoms with Crippen molar-refractivity contribution in [2.24, 2.45) is 0 Å². The van der Waals surface area contributed by atoms with Gasteiger partial charge in [0.05, 0.1) is 24.4 Å². The number of thiazole rings is 1. The minimum Gasteiger partial charge on any atom is -0.480 e. The first-order chi connectivity index (χ1) is 9.10. The molecule has 0 saturated heterocycles. The van der Waals surface area contributed by atoms with Gasteiger partial charge in [0, 0.05) is 10.9 Å².